The third kappa shape index (κ3) is 4.03. The largest absolute Gasteiger partial charge is 0.340 e. The Kier molecular flexibility index (Phi) is 5.25. The number of imidazole rings is 1. The van der Waals surface area contributed by atoms with Crippen molar-refractivity contribution < 1.29 is 4.79 Å². The van der Waals surface area contributed by atoms with Gasteiger partial charge in [0, 0.05) is 5.69 Å². The highest BCUT2D eigenvalue weighted by Crippen LogP contribution is 2.21. The first-order chi connectivity index (χ1) is 15.7. The molecular weight excluding hydrogens is 398 g/mol. The van der Waals surface area contributed by atoms with Crippen molar-refractivity contribution in [1.82, 2.24) is 25.1 Å². The van der Waals surface area contributed by atoms with Crippen LogP contribution in [0.1, 0.15) is 33.6 Å². The van der Waals surface area contributed by atoms with Crippen molar-refractivity contribution in [3.8, 4) is 5.69 Å². The van der Waals surface area contributed by atoms with Gasteiger partial charge in [0.2, 0.25) is 0 Å². The lowest BCUT2D eigenvalue weighted by atomic mass is 10.1. The molecule has 1 atom stereocenters. The normalized spacial score (nSPS) is 12.0. The van der Waals surface area contributed by atoms with E-state index in [9.17, 15) is 4.79 Å². The molecule has 32 heavy (non-hydrogen) atoms. The predicted molar refractivity (Wildman–Crippen MR) is 125 cm³/mol. The molecule has 0 aliphatic rings. The van der Waals surface area contributed by atoms with Crippen LogP contribution >= 0.6 is 0 Å². The molecule has 6 nitrogen and oxygen atoms in total. The van der Waals surface area contributed by atoms with Crippen LogP contribution in [0.3, 0.4) is 0 Å². The van der Waals surface area contributed by atoms with Crippen LogP contribution in [0.5, 0.6) is 0 Å². The van der Waals surface area contributed by atoms with Crippen LogP contribution in [0.4, 0.5) is 0 Å². The molecule has 2 N–H and O–H groups in total. The Morgan fingerprint density at radius 2 is 1.66 bits per heavy atom. The number of benzene rings is 3. The summed E-state index contributed by atoms with van der Waals surface area (Å²) in [7, 11) is 0. The number of H-pyrrole nitrogens is 1. The molecule has 5 aromatic rings. The van der Waals surface area contributed by atoms with Crippen LogP contribution in [0.2, 0.25) is 0 Å². The Morgan fingerprint density at radius 3 is 2.41 bits per heavy atom. The van der Waals surface area contributed by atoms with E-state index in [0.717, 1.165) is 33.8 Å². The van der Waals surface area contributed by atoms with Gasteiger partial charge in [-0.1, -0.05) is 60.7 Å². The maximum Gasteiger partial charge on any atom is 0.272 e. The molecular formula is C26H23N5O. The second-order valence-electron chi connectivity index (χ2n) is 7.77. The van der Waals surface area contributed by atoms with E-state index in [-0.39, 0.29) is 11.9 Å². The van der Waals surface area contributed by atoms with E-state index in [0.29, 0.717) is 12.1 Å². The number of carbonyl (C=O) groups is 1. The number of para-hydroxylation sites is 3. The molecule has 0 spiro atoms. The zero-order valence-electron chi connectivity index (χ0n) is 17.7. The van der Waals surface area contributed by atoms with Crippen molar-refractivity contribution >= 4 is 16.9 Å². The van der Waals surface area contributed by atoms with Gasteiger partial charge in [-0.15, -0.1) is 0 Å². The number of nitrogens with one attached hydrogen (secondary N) is 2. The Morgan fingerprint density at radius 1 is 0.969 bits per heavy atom. The standard InChI is InChI=1S/C26H23N5O/c1-18-16-24(30-31(18)20-12-6-3-7-13-20)26(32)29-23(17-19-10-4-2-5-11-19)25-27-21-14-8-9-15-22(21)28-25/h2-16,23H,17H2,1H3,(H,27,28)(H,29,32)/t23-/m0/s1. The van der Waals surface area contributed by atoms with Gasteiger partial charge < -0.3 is 10.3 Å². The average molecular weight is 422 g/mol. The lowest BCUT2D eigenvalue weighted by Gasteiger charge is -2.16. The third-order valence-electron chi connectivity index (χ3n) is 5.45. The molecule has 0 saturated carbocycles. The van der Waals surface area contributed by atoms with Gasteiger partial charge in [-0.05, 0) is 49.2 Å². The fourth-order valence-electron chi connectivity index (χ4n) is 3.85. The average Bonchev–Trinajstić information content (AvgIpc) is 3.43. The smallest absolute Gasteiger partial charge is 0.272 e. The SMILES string of the molecule is Cc1cc(C(=O)N[C@@H](Cc2ccccc2)c2nc3ccccc3[nH]2)nn1-c1ccccc1. The summed E-state index contributed by atoms with van der Waals surface area (Å²) < 4.78 is 1.78. The monoisotopic (exact) mass is 421 g/mol. The molecule has 0 bridgehead atoms. The van der Waals surface area contributed by atoms with Crippen molar-refractivity contribution in [2.45, 2.75) is 19.4 Å². The number of aryl methyl sites for hydroxylation is 1. The van der Waals surface area contributed by atoms with E-state index in [1.807, 2.05) is 79.7 Å². The molecule has 2 aromatic heterocycles. The van der Waals surface area contributed by atoms with Gasteiger partial charge in [0.25, 0.3) is 5.91 Å². The lowest BCUT2D eigenvalue weighted by molar-refractivity contribution is 0.0929. The van der Waals surface area contributed by atoms with Crippen molar-refractivity contribution in [2.75, 3.05) is 0 Å². The Balaban J connectivity index is 1.45. The van der Waals surface area contributed by atoms with Gasteiger partial charge in [0.05, 0.1) is 22.8 Å². The number of rotatable bonds is 6. The van der Waals surface area contributed by atoms with Crippen LogP contribution in [0.15, 0.2) is 91.0 Å². The van der Waals surface area contributed by atoms with Crippen LogP contribution in [-0.4, -0.2) is 25.7 Å². The third-order valence-corrected chi connectivity index (χ3v) is 5.45. The van der Waals surface area contributed by atoms with Gasteiger partial charge >= 0.3 is 0 Å². The molecule has 158 valence electrons. The summed E-state index contributed by atoms with van der Waals surface area (Å²) in [6, 6.07) is 29.2. The number of aromatic amines is 1. The summed E-state index contributed by atoms with van der Waals surface area (Å²) in [5, 5.41) is 7.69. The minimum Gasteiger partial charge on any atom is -0.340 e. The molecule has 5 rings (SSSR count). The predicted octanol–water partition coefficient (Wildman–Crippen LogP) is 4.77. The molecule has 0 aliphatic carbocycles. The van der Waals surface area contributed by atoms with E-state index < -0.39 is 0 Å². The van der Waals surface area contributed by atoms with Crippen molar-refractivity contribution in [3.63, 3.8) is 0 Å². The number of amides is 1. The molecule has 2 heterocycles. The number of hydrogen-bond acceptors (Lipinski definition) is 3. The van der Waals surface area contributed by atoms with Crippen molar-refractivity contribution in [3.05, 3.63) is 114 Å². The molecule has 6 heteroatoms. The number of carbonyl (C=O) groups excluding carboxylic acids is 1. The van der Waals surface area contributed by atoms with Gasteiger partial charge in [-0.25, -0.2) is 9.67 Å². The minimum atomic E-state index is -0.320. The highest BCUT2D eigenvalue weighted by molar-refractivity contribution is 5.92. The summed E-state index contributed by atoms with van der Waals surface area (Å²) >= 11 is 0. The first-order valence-corrected chi connectivity index (χ1v) is 10.6. The van der Waals surface area contributed by atoms with E-state index in [4.69, 9.17) is 4.98 Å². The molecule has 0 aliphatic heterocycles. The van der Waals surface area contributed by atoms with E-state index >= 15 is 0 Å². The quantitative estimate of drug-likeness (QED) is 0.415. The second kappa shape index (κ2) is 8.51. The zero-order valence-corrected chi connectivity index (χ0v) is 17.7. The van der Waals surface area contributed by atoms with Crippen LogP contribution in [-0.2, 0) is 6.42 Å². The number of hydrogen-bond donors (Lipinski definition) is 2. The van der Waals surface area contributed by atoms with E-state index in [1.165, 1.54) is 0 Å². The molecule has 0 unspecified atom stereocenters. The number of aromatic nitrogens is 4. The maximum absolute atomic E-state index is 13.2. The summed E-state index contributed by atoms with van der Waals surface area (Å²) in [6.45, 7) is 1.94. The maximum atomic E-state index is 13.2. The second-order valence-corrected chi connectivity index (χ2v) is 7.77. The van der Waals surface area contributed by atoms with Gasteiger partial charge in [0.1, 0.15) is 5.82 Å². The Hall–Kier alpha value is -4.19. The fraction of sp³-hybridized carbons (Fsp3) is 0.115. The van der Waals surface area contributed by atoms with Gasteiger partial charge in [0.15, 0.2) is 5.69 Å². The Labute approximate surface area is 185 Å². The first-order valence-electron chi connectivity index (χ1n) is 10.6. The minimum absolute atomic E-state index is 0.232. The van der Waals surface area contributed by atoms with Crippen LogP contribution in [0.25, 0.3) is 16.7 Å². The first kappa shape index (κ1) is 19.8. The van der Waals surface area contributed by atoms with E-state index in [1.54, 1.807) is 10.7 Å². The van der Waals surface area contributed by atoms with Crippen molar-refractivity contribution in [2.24, 2.45) is 0 Å². The topological polar surface area (TPSA) is 75.6 Å². The lowest BCUT2D eigenvalue weighted by Crippen LogP contribution is -2.31. The summed E-state index contributed by atoms with van der Waals surface area (Å²) in [5.74, 6) is 0.492. The highest BCUT2D eigenvalue weighted by Gasteiger charge is 2.22. The van der Waals surface area contributed by atoms with Crippen LogP contribution in [0, 0.1) is 6.92 Å². The Bertz CT molecular complexity index is 1320. The number of nitrogens with zero attached hydrogens (tertiary/aromatic N) is 3. The summed E-state index contributed by atoms with van der Waals surface area (Å²) in [5.41, 5.74) is 5.12. The van der Waals surface area contributed by atoms with E-state index in [2.05, 4.69) is 27.5 Å². The van der Waals surface area contributed by atoms with Gasteiger partial charge in [-0.3, -0.25) is 4.79 Å². The zero-order chi connectivity index (χ0) is 21.9. The molecule has 1 amide bonds. The summed E-state index contributed by atoms with van der Waals surface area (Å²) in [4.78, 5) is 21.3. The number of fused-ring (bicyclic) bond motifs is 1. The van der Waals surface area contributed by atoms with Gasteiger partial charge in [-0.2, -0.15) is 5.10 Å². The highest BCUT2D eigenvalue weighted by atomic mass is 16.2. The summed E-state index contributed by atoms with van der Waals surface area (Å²) in [6.07, 6.45) is 0.616. The van der Waals surface area contributed by atoms with Crippen LogP contribution < -0.4 is 5.32 Å². The molecule has 3 aromatic carbocycles. The molecule has 0 fully saturated rings. The molecule has 0 radical (unpaired) electrons. The van der Waals surface area contributed by atoms with Crippen molar-refractivity contribution in [1.29, 1.82) is 0 Å². The fourth-order valence-corrected chi connectivity index (χ4v) is 3.85. The molecule has 0 saturated heterocycles.